The number of para-hydroxylation sites is 1. The van der Waals surface area contributed by atoms with Crippen LogP contribution in [0.4, 0.5) is 0 Å². The number of ether oxygens (including phenoxy) is 2. The van der Waals surface area contributed by atoms with Crippen LogP contribution in [0.3, 0.4) is 0 Å². The third kappa shape index (κ3) is 2.88. The number of nitrogens with one attached hydrogen (secondary N) is 1. The zero-order valence-electron chi connectivity index (χ0n) is 11.5. The van der Waals surface area contributed by atoms with Gasteiger partial charge in [-0.3, -0.25) is 4.79 Å². The summed E-state index contributed by atoms with van der Waals surface area (Å²) >= 11 is 3.42. The molecule has 2 aromatic rings. The molecule has 0 saturated heterocycles. The number of hydrogen-bond acceptors (Lipinski definition) is 3. The summed E-state index contributed by atoms with van der Waals surface area (Å²) in [6, 6.07) is 11.3. The number of amides is 1. The Kier molecular flexibility index (Phi) is 3.84. The van der Waals surface area contributed by atoms with Crippen molar-refractivity contribution >= 4 is 21.8 Å². The van der Waals surface area contributed by atoms with Gasteiger partial charge in [-0.1, -0.05) is 18.2 Å². The molecular weight excluding hydrogens is 334 g/mol. The number of carbonyl (C=O) groups is 1. The van der Waals surface area contributed by atoms with E-state index in [0.717, 1.165) is 21.3 Å². The average molecular weight is 348 g/mol. The molecule has 3 rings (SSSR count). The van der Waals surface area contributed by atoms with Crippen LogP contribution in [-0.4, -0.2) is 12.7 Å². The minimum absolute atomic E-state index is 0.126. The number of fused-ring (bicyclic) bond motifs is 1. The van der Waals surface area contributed by atoms with E-state index in [4.69, 9.17) is 9.47 Å². The average Bonchev–Trinajstić information content (AvgIpc) is 2.93. The molecule has 0 unspecified atom stereocenters. The second kappa shape index (κ2) is 5.77. The van der Waals surface area contributed by atoms with Crippen molar-refractivity contribution in [3.8, 4) is 11.5 Å². The molecule has 1 N–H and O–H groups in total. The van der Waals surface area contributed by atoms with E-state index >= 15 is 0 Å². The number of hydrogen-bond donors (Lipinski definition) is 1. The first-order chi connectivity index (χ1) is 10.1. The summed E-state index contributed by atoms with van der Waals surface area (Å²) in [6.07, 6.45) is 0. The Morgan fingerprint density at radius 3 is 2.95 bits per heavy atom. The van der Waals surface area contributed by atoms with Gasteiger partial charge < -0.3 is 14.8 Å². The number of benzene rings is 2. The highest BCUT2D eigenvalue weighted by molar-refractivity contribution is 9.10. The molecule has 1 aliphatic heterocycles. The van der Waals surface area contributed by atoms with Crippen LogP contribution in [-0.2, 0) is 6.54 Å². The molecule has 0 fully saturated rings. The van der Waals surface area contributed by atoms with Gasteiger partial charge in [-0.2, -0.15) is 0 Å². The van der Waals surface area contributed by atoms with E-state index in [9.17, 15) is 4.79 Å². The molecule has 0 spiro atoms. The first-order valence-electron chi connectivity index (χ1n) is 6.57. The second-order valence-electron chi connectivity index (χ2n) is 4.82. The molecule has 0 radical (unpaired) electrons. The van der Waals surface area contributed by atoms with Crippen LogP contribution < -0.4 is 14.8 Å². The normalized spacial score (nSPS) is 12.3. The van der Waals surface area contributed by atoms with E-state index in [0.29, 0.717) is 17.9 Å². The van der Waals surface area contributed by atoms with Gasteiger partial charge in [-0.05, 0) is 46.6 Å². The summed E-state index contributed by atoms with van der Waals surface area (Å²) in [5, 5.41) is 2.90. The molecule has 5 heteroatoms. The van der Waals surface area contributed by atoms with Gasteiger partial charge >= 0.3 is 0 Å². The molecule has 21 heavy (non-hydrogen) atoms. The van der Waals surface area contributed by atoms with Gasteiger partial charge in [-0.15, -0.1) is 0 Å². The quantitative estimate of drug-likeness (QED) is 0.925. The molecular formula is C16H14BrNO3. The van der Waals surface area contributed by atoms with Crippen LogP contribution in [0.25, 0.3) is 0 Å². The molecule has 4 nitrogen and oxygen atoms in total. The Morgan fingerprint density at radius 1 is 1.29 bits per heavy atom. The first kappa shape index (κ1) is 13.9. The van der Waals surface area contributed by atoms with E-state index < -0.39 is 0 Å². The Balaban J connectivity index is 1.73. The topological polar surface area (TPSA) is 47.6 Å². The summed E-state index contributed by atoms with van der Waals surface area (Å²) < 4.78 is 11.5. The monoisotopic (exact) mass is 347 g/mol. The van der Waals surface area contributed by atoms with Gasteiger partial charge in [-0.25, -0.2) is 0 Å². The lowest BCUT2D eigenvalue weighted by Gasteiger charge is -2.09. The van der Waals surface area contributed by atoms with Crippen molar-refractivity contribution in [3.63, 3.8) is 0 Å². The summed E-state index contributed by atoms with van der Waals surface area (Å²) in [4.78, 5) is 12.2. The summed E-state index contributed by atoms with van der Waals surface area (Å²) in [5.41, 5.74) is 2.62. The highest BCUT2D eigenvalue weighted by atomic mass is 79.9. The molecule has 0 aromatic heterocycles. The molecule has 108 valence electrons. The maximum absolute atomic E-state index is 12.2. The summed E-state index contributed by atoms with van der Waals surface area (Å²) in [6.45, 7) is 2.60. The summed E-state index contributed by atoms with van der Waals surface area (Å²) in [7, 11) is 0. The Bertz CT molecular complexity index is 700. The number of carbonyl (C=O) groups excluding carboxylic acids is 1. The largest absolute Gasteiger partial charge is 0.454 e. The lowest BCUT2D eigenvalue weighted by atomic mass is 10.1. The molecule has 0 bridgehead atoms. The number of halogens is 1. The molecule has 2 aromatic carbocycles. The lowest BCUT2D eigenvalue weighted by Crippen LogP contribution is -2.23. The predicted molar refractivity (Wildman–Crippen MR) is 82.6 cm³/mol. The van der Waals surface area contributed by atoms with Crippen molar-refractivity contribution in [2.45, 2.75) is 13.5 Å². The predicted octanol–water partition coefficient (Wildman–Crippen LogP) is 3.42. The maximum Gasteiger partial charge on any atom is 0.252 e. The van der Waals surface area contributed by atoms with Crippen molar-refractivity contribution in [2.75, 3.05) is 6.79 Å². The Hall–Kier alpha value is -2.01. The third-order valence-electron chi connectivity index (χ3n) is 3.29. The lowest BCUT2D eigenvalue weighted by molar-refractivity contribution is 0.0950. The Morgan fingerprint density at radius 2 is 2.14 bits per heavy atom. The summed E-state index contributed by atoms with van der Waals surface area (Å²) in [5.74, 6) is 1.30. The van der Waals surface area contributed by atoms with Crippen LogP contribution in [0.5, 0.6) is 11.5 Å². The van der Waals surface area contributed by atoms with E-state index in [2.05, 4.69) is 21.2 Å². The van der Waals surface area contributed by atoms with Crippen LogP contribution in [0, 0.1) is 6.92 Å². The number of aryl methyl sites for hydroxylation is 1. The van der Waals surface area contributed by atoms with Crippen molar-refractivity contribution in [1.82, 2.24) is 5.32 Å². The molecule has 1 amide bonds. The fourth-order valence-electron chi connectivity index (χ4n) is 2.20. The van der Waals surface area contributed by atoms with Crippen molar-refractivity contribution in [1.29, 1.82) is 0 Å². The fraction of sp³-hybridized carbons (Fsp3) is 0.188. The van der Waals surface area contributed by atoms with Crippen LogP contribution in [0.1, 0.15) is 21.5 Å². The fourth-order valence-corrected chi connectivity index (χ4v) is 2.88. The van der Waals surface area contributed by atoms with Crippen molar-refractivity contribution in [3.05, 3.63) is 57.6 Å². The van der Waals surface area contributed by atoms with Crippen molar-refractivity contribution < 1.29 is 14.3 Å². The van der Waals surface area contributed by atoms with Gasteiger partial charge in [0.05, 0.1) is 5.56 Å². The van der Waals surface area contributed by atoms with E-state index in [1.54, 1.807) is 0 Å². The first-order valence-corrected chi connectivity index (χ1v) is 7.36. The van der Waals surface area contributed by atoms with Crippen LogP contribution in [0.2, 0.25) is 0 Å². The minimum atomic E-state index is -0.126. The molecule has 0 saturated carbocycles. The molecule has 1 heterocycles. The smallest absolute Gasteiger partial charge is 0.252 e. The van der Waals surface area contributed by atoms with E-state index in [1.807, 2.05) is 43.3 Å². The Labute approximate surface area is 131 Å². The highest BCUT2D eigenvalue weighted by Crippen LogP contribution is 2.35. The minimum Gasteiger partial charge on any atom is -0.454 e. The molecule has 1 aliphatic rings. The second-order valence-corrected chi connectivity index (χ2v) is 5.67. The van der Waals surface area contributed by atoms with Gasteiger partial charge in [0.1, 0.15) is 0 Å². The van der Waals surface area contributed by atoms with E-state index in [1.165, 1.54) is 0 Å². The SMILES string of the molecule is Cc1ccc(C(=O)NCc2cccc3c2OCO3)c(Br)c1. The maximum atomic E-state index is 12.2. The molecule has 0 aliphatic carbocycles. The van der Waals surface area contributed by atoms with Gasteiger partial charge in [0.15, 0.2) is 11.5 Å². The zero-order chi connectivity index (χ0) is 14.8. The van der Waals surface area contributed by atoms with Gasteiger partial charge in [0.25, 0.3) is 5.91 Å². The highest BCUT2D eigenvalue weighted by Gasteiger charge is 2.18. The molecule has 0 atom stereocenters. The van der Waals surface area contributed by atoms with Gasteiger partial charge in [0, 0.05) is 16.6 Å². The van der Waals surface area contributed by atoms with Crippen LogP contribution >= 0.6 is 15.9 Å². The van der Waals surface area contributed by atoms with Gasteiger partial charge in [0.2, 0.25) is 6.79 Å². The van der Waals surface area contributed by atoms with Crippen LogP contribution in [0.15, 0.2) is 40.9 Å². The number of rotatable bonds is 3. The van der Waals surface area contributed by atoms with Crippen molar-refractivity contribution in [2.24, 2.45) is 0 Å². The standard InChI is InChI=1S/C16H14BrNO3/c1-10-5-6-12(13(17)7-10)16(19)18-8-11-3-2-4-14-15(11)21-9-20-14/h2-7H,8-9H2,1H3,(H,18,19). The zero-order valence-corrected chi connectivity index (χ0v) is 13.1. The van der Waals surface area contributed by atoms with E-state index in [-0.39, 0.29) is 12.7 Å². The third-order valence-corrected chi connectivity index (χ3v) is 3.94.